The molecule has 0 spiro atoms. The minimum atomic E-state index is -1.16. The van der Waals surface area contributed by atoms with Gasteiger partial charge in [0.15, 0.2) is 0 Å². The van der Waals surface area contributed by atoms with Gasteiger partial charge in [-0.3, -0.25) is 10.1 Å². The molecule has 0 aliphatic carbocycles. The highest BCUT2D eigenvalue weighted by Crippen LogP contribution is 2.32. The average Bonchev–Trinajstić information content (AvgIpc) is 2.16. The Balaban J connectivity index is 3.19. The molecule has 0 fully saturated rings. The standard InChI is InChI=1S/C10H11NO4S/c1-6(2)16-9-4-3-7(10(12)13)5-8(9)11(14)15/h3-6H,1-2H3,(H,12,13). The number of carbonyl (C=O) groups is 1. The Labute approximate surface area is 96.6 Å². The van der Waals surface area contributed by atoms with E-state index in [1.165, 1.54) is 23.9 Å². The summed E-state index contributed by atoms with van der Waals surface area (Å²) in [6, 6.07) is 3.94. The van der Waals surface area contributed by atoms with Crippen LogP contribution >= 0.6 is 11.8 Å². The third-order valence-corrected chi connectivity index (χ3v) is 2.84. The highest BCUT2D eigenvalue weighted by atomic mass is 32.2. The van der Waals surface area contributed by atoms with E-state index in [0.717, 1.165) is 6.07 Å². The fraction of sp³-hybridized carbons (Fsp3) is 0.300. The molecule has 0 saturated carbocycles. The van der Waals surface area contributed by atoms with Gasteiger partial charge in [0.1, 0.15) is 0 Å². The fourth-order valence-electron chi connectivity index (χ4n) is 1.15. The number of thioether (sulfide) groups is 1. The van der Waals surface area contributed by atoms with Gasteiger partial charge < -0.3 is 5.11 Å². The van der Waals surface area contributed by atoms with E-state index < -0.39 is 10.9 Å². The summed E-state index contributed by atoms with van der Waals surface area (Å²) in [5.74, 6) is -1.16. The number of nitro groups is 1. The molecule has 0 saturated heterocycles. The molecule has 0 aromatic heterocycles. The van der Waals surface area contributed by atoms with Gasteiger partial charge in [-0.15, -0.1) is 11.8 Å². The summed E-state index contributed by atoms with van der Waals surface area (Å²) in [4.78, 5) is 21.4. The summed E-state index contributed by atoms with van der Waals surface area (Å²) >= 11 is 1.34. The van der Waals surface area contributed by atoms with Crippen LogP contribution in [-0.2, 0) is 0 Å². The summed E-state index contributed by atoms with van der Waals surface area (Å²) in [7, 11) is 0. The van der Waals surface area contributed by atoms with E-state index in [-0.39, 0.29) is 16.5 Å². The Morgan fingerprint density at radius 3 is 2.56 bits per heavy atom. The number of hydrogen-bond donors (Lipinski definition) is 1. The first-order valence-electron chi connectivity index (χ1n) is 4.60. The van der Waals surface area contributed by atoms with E-state index in [4.69, 9.17) is 5.11 Å². The van der Waals surface area contributed by atoms with Crippen molar-refractivity contribution in [1.29, 1.82) is 0 Å². The molecule has 1 rings (SSSR count). The van der Waals surface area contributed by atoms with Crippen molar-refractivity contribution in [1.82, 2.24) is 0 Å². The lowest BCUT2D eigenvalue weighted by atomic mass is 10.2. The Hall–Kier alpha value is -1.56. The van der Waals surface area contributed by atoms with Crippen LogP contribution in [0.2, 0.25) is 0 Å². The van der Waals surface area contributed by atoms with Crippen molar-refractivity contribution >= 4 is 23.4 Å². The van der Waals surface area contributed by atoms with Crippen molar-refractivity contribution in [3.63, 3.8) is 0 Å². The minimum Gasteiger partial charge on any atom is -0.478 e. The summed E-state index contributed by atoms with van der Waals surface area (Å²) in [5.41, 5.74) is -0.224. The first kappa shape index (κ1) is 12.5. The van der Waals surface area contributed by atoms with Gasteiger partial charge in [0, 0.05) is 11.3 Å². The number of carboxylic acid groups (broad SMARTS) is 1. The van der Waals surface area contributed by atoms with Crippen LogP contribution in [0.15, 0.2) is 23.1 Å². The van der Waals surface area contributed by atoms with Gasteiger partial charge in [-0.2, -0.15) is 0 Å². The van der Waals surface area contributed by atoms with Gasteiger partial charge in [-0.25, -0.2) is 4.79 Å². The summed E-state index contributed by atoms with van der Waals surface area (Å²) in [6.07, 6.45) is 0. The molecule has 1 aromatic carbocycles. The zero-order chi connectivity index (χ0) is 12.3. The molecule has 0 bridgehead atoms. The lowest BCUT2D eigenvalue weighted by Gasteiger charge is -2.06. The second kappa shape index (κ2) is 4.98. The lowest BCUT2D eigenvalue weighted by Crippen LogP contribution is -2.00. The molecule has 1 N–H and O–H groups in total. The molecule has 5 nitrogen and oxygen atoms in total. The Morgan fingerprint density at radius 2 is 2.12 bits per heavy atom. The maximum atomic E-state index is 10.8. The molecule has 6 heteroatoms. The summed E-state index contributed by atoms with van der Waals surface area (Å²) in [6.45, 7) is 3.83. The van der Waals surface area contributed by atoms with Gasteiger partial charge in [-0.05, 0) is 12.1 Å². The minimum absolute atomic E-state index is 0.0696. The van der Waals surface area contributed by atoms with Crippen molar-refractivity contribution in [2.75, 3.05) is 0 Å². The number of aromatic carboxylic acids is 1. The Bertz CT molecular complexity index is 431. The molecular formula is C10H11NO4S. The van der Waals surface area contributed by atoms with Gasteiger partial charge in [0.2, 0.25) is 0 Å². The van der Waals surface area contributed by atoms with Crippen LogP contribution in [0.25, 0.3) is 0 Å². The SMILES string of the molecule is CC(C)Sc1ccc(C(=O)O)cc1[N+](=O)[O-]. The third-order valence-electron chi connectivity index (χ3n) is 1.77. The highest BCUT2D eigenvalue weighted by molar-refractivity contribution is 8.00. The molecule has 1 aromatic rings. The fourth-order valence-corrected chi connectivity index (χ4v) is 2.06. The van der Waals surface area contributed by atoms with Crippen molar-refractivity contribution in [2.24, 2.45) is 0 Å². The van der Waals surface area contributed by atoms with Crippen LogP contribution in [0.4, 0.5) is 5.69 Å². The maximum Gasteiger partial charge on any atom is 0.335 e. The van der Waals surface area contributed by atoms with Crippen LogP contribution in [0, 0.1) is 10.1 Å². The van der Waals surface area contributed by atoms with Gasteiger partial charge in [0.05, 0.1) is 15.4 Å². The largest absolute Gasteiger partial charge is 0.478 e. The predicted octanol–water partition coefficient (Wildman–Crippen LogP) is 2.79. The zero-order valence-corrected chi connectivity index (χ0v) is 9.65. The molecule has 0 aliphatic heterocycles. The second-order valence-electron chi connectivity index (χ2n) is 3.41. The number of hydrogen-bond acceptors (Lipinski definition) is 4. The molecule has 0 radical (unpaired) electrons. The van der Waals surface area contributed by atoms with E-state index in [0.29, 0.717) is 4.90 Å². The third kappa shape index (κ3) is 2.96. The highest BCUT2D eigenvalue weighted by Gasteiger charge is 2.18. The molecular weight excluding hydrogens is 230 g/mol. The summed E-state index contributed by atoms with van der Waals surface area (Å²) in [5, 5.41) is 19.7. The molecule has 0 heterocycles. The molecule has 0 amide bonds. The van der Waals surface area contributed by atoms with E-state index in [1.807, 2.05) is 13.8 Å². The zero-order valence-electron chi connectivity index (χ0n) is 8.84. The van der Waals surface area contributed by atoms with Crippen molar-refractivity contribution in [2.45, 2.75) is 24.0 Å². The van der Waals surface area contributed by atoms with Gasteiger partial charge in [-0.1, -0.05) is 13.8 Å². The van der Waals surface area contributed by atoms with Crippen LogP contribution in [0.1, 0.15) is 24.2 Å². The second-order valence-corrected chi connectivity index (χ2v) is 5.03. The molecule has 16 heavy (non-hydrogen) atoms. The van der Waals surface area contributed by atoms with Crippen LogP contribution in [0.3, 0.4) is 0 Å². The Kier molecular flexibility index (Phi) is 3.89. The molecule has 0 unspecified atom stereocenters. The first-order chi connectivity index (χ1) is 7.41. The summed E-state index contributed by atoms with van der Waals surface area (Å²) < 4.78 is 0. The number of nitrogens with zero attached hydrogens (tertiary/aromatic N) is 1. The van der Waals surface area contributed by atoms with Crippen LogP contribution in [-0.4, -0.2) is 21.2 Å². The van der Waals surface area contributed by atoms with E-state index in [2.05, 4.69) is 0 Å². The first-order valence-corrected chi connectivity index (χ1v) is 5.48. The molecule has 0 atom stereocenters. The molecule has 0 aliphatic rings. The van der Waals surface area contributed by atoms with E-state index >= 15 is 0 Å². The topological polar surface area (TPSA) is 80.4 Å². The average molecular weight is 241 g/mol. The smallest absolute Gasteiger partial charge is 0.335 e. The van der Waals surface area contributed by atoms with Gasteiger partial charge >= 0.3 is 5.97 Å². The van der Waals surface area contributed by atoms with Crippen molar-refractivity contribution in [3.05, 3.63) is 33.9 Å². The van der Waals surface area contributed by atoms with Crippen molar-refractivity contribution < 1.29 is 14.8 Å². The quantitative estimate of drug-likeness (QED) is 0.498. The number of rotatable bonds is 4. The normalized spacial score (nSPS) is 10.4. The van der Waals surface area contributed by atoms with Gasteiger partial charge in [0.25, 0.3) is 5.69 Å². The number of carboxylic acids is 1. The lowest BCUT2D eigenvalue weighted by molar-refractivity contribution is -0.387. The monoisotopic (exact) mass is 241 g/mol. The van der Waals surface area contributed by atoms with E-state index in [1.54, 1.807) is 0 Å². The number of nitro benzene ring substituents is 1. The van der Waals surface area contributed by atoms with Crippen molar-refractivity contribution in [3.8, 4) is 0 Å². The maximum absolute atomic E-state index is 10.8. The Morgan fingerprint density at radius 1 is 1.50 bits per heavy atom. The predicted molar refractivity (Wildman–Crippen MR) is 61.0 cm³/mol. The van der Waals surface area contributed by atoms with Crippen LogP contribution < -0.4 is 0 Å². The number of benzene rings is 1. The van der Waals surface area contributed by atoms with Crippen LogP contribution in [0.5, 0.6) is 0 Å². The van der Waals surface area contributed by atoms with E-state index in [9.17, 15) is 14.9 Å². The molecule has 86 valence electrons.